The highest BCUT2D eigenvalue weighted by molar-refractivity contribution is 5.89. The molecular weight excluding hydrogens is 208 g/mol. The van der Waals surface area contributed by atoms with Crippen LogP contribution in [0.4, 0.5) is 10.5 Å². The van der Waals surface area contributed by atoms with Crippen molar-refractivity contribution in [1.29, 1.82) is 0 Å². The normalized spacial score (nSPS) is 9.69. The van der Waals surface area contributed by atoms with Crippen LogP contribution in [0.3, 0.4) is 0 Å². The smallest absolute Gasteiger partial charge is 0.319 e. The molecule has 0 fully saturated rings. The molecule has 1 aromatic carbocycles. The molecule has 3 N–H and O–H groups in total. The van der Waals surface area contributed by atoms with Gasteiger partial charge in [0.15, 0.2) is 0 Å². The van der Waals surface area contributed by atoms with E-state index in [4.69, 9.17) is 9.84 Å². The van der Waals surface area contributed by atoms with Crippen LogP contribution in [-0.2, 0) is 0 Å². The van der Waals surface area contributed by atoms with Crippen LogP contribution in [0.5, 0.6) is 5.75 Å². The minimum Gasteiger partial charge on any atom is -0.496 e. The molecule has 0 aliphatic rings. The molecule has 1 rings (SSSR count). The van der Waals surface area contributed by atoms with Crippen molar-refractivity contribution in [3.63, 3.8) is 0 Å². The highest BCUT2D eigenvalue weighted by Crippen LogP contribution is 2.21. The number of aryl methyl sites for hydroxylation is 1. The van der Waals surface area contributed by atoms with Gasteiger partial charge in [0.05, 0.1) is 13.7 Å². The van der Waals surface area contributed by atoms with E-state index in [9.17, 15) is 4.79 Å². The topological polar surface area (TPSA) is 70.6 Å². The Morgan fingerprint density at radius 3 is 2.81 bits per heavy atom. The molecule has 0 radical (unpaired) electrons. The summed E-state index contributed by atoms with van der Waals surface area (Å²) in [5.74, 6) is 0.779. The van der Waals surface area contributed by atoms with Crippen LogP contribution >= 0.6 is 0 Å². The Bertz CT molecular complexity index is 366. The number of benzene rings is 1. The Hall–Kier alpha value is -1.75. The fraction of sp³-hybridized carbons (Fsp3) is 0.364. The molecule has 1 aromatic rings. The van der Waals surface area contributed by atoms with Gasteiger partial charge in [0, 0.05) is 12.2 Å². The number of aliphatic hydroxyl groups is 1. The Morgan fingerprint density at radius 1 is 1.50 bits per heavy atom. The summed E-state index contributed by atoms with van der Waals surface area (Å²) >= 11 is 0. The average molecular weight is 224 g/mol. The first kappa shape index (κ1) is 12.3. The molecule has 0 spiro atoms. The fourth-order valence-electron chi connectivity index (χ4n) is 1.30. The molecule has 2 amide bonds. The minimum absolute atomic E-state index is 0.0743. The van der Waals surface area contributed by atoms with Crippen LogP contribution in [0.1, 0.15) is 5.56 Å². The lowest BCUT2D eigenvalue weighted by Gasteiger charge is -2.09. The predicted molar refractivity (Wildman–Crippen MR) is 61.8 cm³/mol. The molecule has 0 unspecified atom stereocenters. The molecule has 0 aliphatic carbocycles. The van der Waals surface area contributed by atoms with E-state index >= 15 is 0 Å². The molecule has 16 heavy (non-hydrogen) atoms. The first-order chi connectivity index (χ1) is 7.67. The maximum atomic E-state index is 11.3. The number of anilines is 1. The van der Waals surface area contributed by atoms with Gasteiger partial charge in [-0.05, 0) is 30.7 Å². The highest BCUT2D eigenvalue weighted by atomic mass is 16.5. The molecular formula is C11H16N2O3. The largest absolute Gasteiger partial charge is 0.496 e. The number of nitrogens with one attached hydrogen (secondary N) is 2. The number of methoxy groups -OCH3 is 1. The molecule has 0 aromatic heterocycles. The monoisotopic (exact) mass is 224 g/mol. The minimum atomic E-state index is -0.335. The summed E-state index contributed by atoms with van der Waals surface area (Å²) in [5, 5.41) is 13.7. The van der Waals surface area contributed by atoms with Crippen LogP contribution in [-0.4, -0.2) is 31.4 Å². The van der Waals surface area contributed by atoms with Gasteiger partial charge >= 0.3 is 6.03 Å². The van der Waals surface area contributed by atoms with E-state index in [1.807, 2.05) is 13.0 Å². The number of rotatable bonds is 4. The van der Waals surface area contributed by atoms with Crippen molar-refractivity contribution >= 4 is 11.7 Å². The van der Waals surface area contributed by atoms with Crippen molar-refractivity contribution in [3.05, 3.63) is 23.8 Å². The number of carbonyl (C=O) groups excluding carboxylic acids is 1. The third-order valence-corrected chi connectivity index (χ3v) is 2.05. The van der Waals surface area contributed by atoms with Crippen LogP contribution in [0.25, 0.3) is 0 Å². The number of hydrogen-bond acceptors (Lipinski definition) is 3. The maximum absolute atomic E-state index is 11.3. The Balaban J connectivity index is 2.61. The number of urea groups is 1. The van der Waals surface area contributed by atoms with Gasteiger partial charge in [-0.3, -0.25) is 0 Å². The van der Waals surface area contributed by atoms with Crippen LogP contribution < -0.4 is 15.4 Å². The molecule has 0 aliphatic heterocycles. The van der Waals surface area contributed by atoms with Gasteiger partial charge in [-0.15, -0.1) is 0 Å². The van der Waals surface area contributed by atoms with Gasteiger partial charge in [0.1, 0.15) is 5.75 Å². The van der Waals surface area contributed by atoms with Gasteiger partial charge in [0.25, 0.3) is 0 Å². The summed E-state index contributed by atoms with van der Waals surface area (Å²) in [6.07, 6.45) is 0. The summed E-state index contributed by atoms with van der Waals surface area (Å²) in [6.45, 7) is 2.06. The lowest BCUT2D eigenvalue weighted by atomic mass is 10.2. The summed E-state index contributed by atoms with van der Waals surface area (Å²) in [5.41, 5.74) is 1.64. The van der Waals surface area contributed by atoms with E-state index in [0.29, 0.717) is 5.69 Å². The van der Waals surface area contributed by atoms with Crippen molar-refractivity contribution in [1.82, 2.24) is 5.32 Å². The number of carbonyl (C=O) groups is 1. The summed E-state index contributed by atoms with van der Waals surface area (Å²) < 4.78 is 5.11. The van der Waals surface area contributed by atoms with Gasteiger partial charge < -0.3 is 20.5 Å². The van der Waals surface area contributed by atoms with Crippen molar-refractivity contribution in [3.8, 4) is 5.75 Å². The highest BCUT2D eigenvalue weighted by Gasteiger charge is 2.03. The third-order valence-electron chi connectivity index (χ3n) is 2.05. The number of aliphatic hydroxyl groups excluding tert-OH is 1. The Kier molecular flexibility index (Phi) is 4.60. The zero-order valence-electron chi connectivity index (χ0n) is 9.41. The van der Waals surface area contributed by atoms with E-state index in [1.54, 1.807) is 19.2 Å². The standard InChI is InChI=1S/C11H16N2O3/c1-8-7-9(3-4-10(8)16-2)13-11(15)12-5-6-14/h3-4,7,14H,5-6H2,1-2H3,(H2,12,13,15). The fourth-order valence-corrected chi connectivity index (χ4v) is 1.30. The van der Waals surface area contributed by atoms with E-state index in [2.05, 4.69) is 10.6 Å². The van der Waals surface area contributed by atoms with Gasteiger partial charge in [0.2, 0.25) is 0 Å². The summed E-state index contributed by atoms with van der Waals surface area (Å²) in [6, 6.07) is 5.03. The first-order valence-electron chi connectivity index (χ1n) is 4.97. The maximum Gasteiger partial charge on any atom is 0.319 e. The quantitative estimate of drug-likeness (QED) is 0.717. The zero-order chi connectivity index (χ0) is 12.0. The number of hydrogen-bond donors (Lipinski definition) is 3. The number of ether oxygens (including phenoxy) is 1. The summed E-state index contributed by atoms with van der Waals surface area (Å²) in [4.78, 5) is 11.3. The van der Waals surface area contributed by atoms with Gasteiger partial charge in [-0.2, -0.15) is 0 Å². The number of amides is 2. The summed E-state index contributed by atoms with van der Waals surface area (Å²) in [7, 11) is 1.60. The Morgan fingerprint density at radius 2 is 2.25 bits per heavy atom. The molecule has 0 bridgehead atoms. The third kappa shape index (κ3) is 3.43. The van der Waals surface area contributed by atoms with E-state index < -0.39 is 0 Å². The molecule has 0 saturated heterocycles. The second-order valence-corrected chi connectivity index (χ2v) is 3.29. The van der Waals surface area contributed by atoms with Crippen molar-refractivity contribution in [2.45, 2.75) is 6.92 Å². The lowest BCUT2D eigenvalue weighted by molar-refractivity contribution is 0.245. The Labute approximate surface area is 94.4 Å². The lowest BCUT2D eigenvalue weighted by Crippen LogP contribution is -2.30. The van der Waals surface area contributed by atoms with Crippen molar-refractivity contribution in [2.24, 2.45) is 0 Å². The SMILES string of the molecule is COc1ccc(NC(=O)NCCO)cc1C. The van der Waals surface area contributed by atoms with Crippen molar-refractivity contribution < 1.29 is 14.6 Å². The first-order valence-corrected chi connectivity index (χ1v) is 4.97. The van der Waals surface area contributed by atoms with Gasteiger partial charge in [-0.1, -0.05) is 0 Å². The molecule has 88 valence electrons. The zero-order valence-corrected chi connectivity index (χ0v) is 9.41. The average Bonchev–Trinajstić information content (AvgIpc) is 2.26. The molecule has 5 nitrogen and oxygen atoms in total. The van der Waals surface area contributed by atoms with Crippen LogP contribution in [0, 0.1) is 6.92 Å². The van der Waals surface area contributed by atoms with E-state index in [1.165, 1.54) is 0 Å². The molecule has 5 heteroatoms. The van der Waals surface area contributed by atoms with Crippen molar-refractivity contribution in [2.75, 3.05) is 25.6 Å². The molecule has 0 heterocycles. The van der Waals surface area contributed by atoms with Crippen LogP contribution in [0.15, 0.2) is 18.2 Å². The van der Waals surface area contributed by atoms with E-state index in [0.717, 1.165) is 11.3 Å². The second-order valence-electron chi connectivity index (χ2n) is 3.29. The molecule has 0 atom stereocenters. The van der Waals surface area contributed by atoms with Crippen LogP contribution in [0.2, 0.25) is 0 Å². The van der Waals surface area contributed by atoms with E-state index in [-0.39, 0.29) is 19.2 Å². The second kappa shape index (κ2) is 5.97. The van der Waals surface area contributed by atoms with Gasteiger partial charge in [-0.25, -0.2) is 4.79 Å². The predicted octanol–water partition coefficient (Wildman–Crippen LogP) is 1.12. The molecule has 0 saturated carbocycles.